The number of thiophene rings is 1. The van der Waals surface area contributed by atoms with Crippen molar-refractivity contribution in [3.05, 3.63) is 29.5 Å². The second-order valence-corrected chi connectivity index (χ2v) is 4.12. The van der Waals surface area contributed by atoms with E-state index in [-0.39, 0.29) is 0 Å². The Labute approximate surface area is 75.5 Å². The molecule has 12 heavy (non-hydrogen) atoms. The molecule has 2 rings (SSSR count). The second kappa shape index (κ2) is 2.75. The highest BCUT2D eigenvalue weighted by molar-refractivity contribution is 7.15. The maximum Gasteiger partial charge on any atom is 0.0981 e. The molecule has 0 bridgehead atoms. The van der Waals surface area contributed by atoms with E-state index < -0.39 is 0 Å². The van der Waals surface area contributed by atoms with Gasteiger partial charge >= 0.3 is 0 Å². The van der Waals surface area contributed by atoms with Gasteiger partial charge in [0, 0.05) is 18.1 Å². The smallest absolute Gasteiger partial charge is 0.0981 e. The van der Waals surface area contributed by atoms with E-state index >= 15 is 0 Å². The lowest BCUT2D eigenvalue weighted by atomic mass is 10.4. The summed E-state index contributed by atoms with van der Waals surface area (Å²) in [6.07, 6.45) is 3.86. The van der Waals surface area contributed by atoms with Crippen molar-refractivity contribution in [1.29, 1.82) is 0 Å². The van der Waals surface area contributed by atoms with Gasteiger partial charge in [-0.1, -0.05) is 0 Å². The minimum atomic E-state index is 1.07. The van der Waals surface area contributed by atoms with Gasteiger partial charge in [-0.3, -0.25) is 0 Å². The van der Waals surface area contributed by atoms with Gasteiger partial charge in [-0.2, -0.15) is 0 Å². The first-order chi connectivity index (χ1) is 5.75. The predicted octanol–water partition coefficient (Wildman–Crippen LogP) is 2.46. The van der Waals surface area contributed by atoms with E-state index in [0.29, 0.717) is 0 Å². The Bertz CT molecular complexity index is 348. The van der Waals surface area contributed by atoms with E-state index in [1.54, 1.807) is 11.3 Å². The van der Waals surface area contributed by atoms with Crippen molar-refractivity contribution in [3.8, 4) is 10.6 Å². The van der Waals surface area contributed by atoms with E-state index in [1.807, 2.05) is 24.1 Å². The van der Waals surface area contributed by atoms with Crippen LogP contribution in [0.3, 0.4) is 0 Å². The number of rotatable bonds is 1. The third-order valence-electron chi connectivity index (χ3n) is 1.70. The maximum atomic E-state index is 4.27. The Kier molecular flexibility index (Phi) is 1.73. The van der Waals surface area contributed by atoms with Crippen LogP contribution >= 0.6 is 11.3 Å². The molecule has 62 valence electrons. The van der Waals surface area contributed by atoms with E-state index in [2.05, 4.69) is 24.0 Å². The number of nitrogens with zero attached hydrogens (tertiary/aromatic N) is 2. The highest BCUT2D eigenvalue weighted by Gasteiger charge is 2.02. The van der Waals surface area contributed by atoms with E-state index in [0.717, 1.165) is 5.69 Å². The van der Waals surface area contributed by atoms with Gasteiger partial charge in [-0.05, 0) is 19.1 Å². The number of hydrogen-bond acceptors (Lipinski definition) is 2. The molecule has 0 radical (unpaired) electrons. The molecular formula is C9H10N2S. The standard InChI is InChI=1S/C9H10N2S/c1-7-3-4-9(12-7)8-5-11(2)6-10-8/h3-6H,1-2H3. The molecule has 0 aliphatic heterocycles. The first-order valence-electron chi connectivity index (χ1n) is 3.80. The van der Waals surface area contributed by atoms with Crippen LogP contribution in [0.2, 0.25) is 0 Å². The number of imidazole rings is 1. The van der Waals surface area contributed by atoms with Crippen LogP contribution in [0.1, 0.15) is 4.88 Å². The molecule has 0 spiro atoms. The third-order valence-corrected chi connectivity index (χ3v) is 2.72. The summed E-state index contributed by atoms with van der Waals surface area (Å²) in [4.78, 5) is 6.85. The third kappa shape index (κ3) is 1.28. The largest absolute Gasteiger partial charge is 0.340 e. The fourth-order valence-electron chi connectivity index (χ4n) is 1.11. The summed E-state index contributed by atoms with van der Waals surface area (Å²) in [7, 11) is 1.98. The highest BCUT2D eigenvalue weighted by Crippen LogP contribution is 2.25. The minimum Gasteiger partial charge on any atom is -0.340 e. The topological polar surface area (TPSA) is 17.8 Å². The molecule has 0 N–H and O–H groups in total. The van der Waals surface area contributed by atoms with Gasteiger partial charge in [0.05, 0.1) is 16.9 Å². The quantitative estimate of drug-likeness (QED) is 0.656. The van der Waals surface area contributed by atoms with Gasteiger partial charge < -0.3 is 4.57 Å². The van der Waals surface area contributed by atoms with Gasteiger partial charge in [0.1, 0.15) is 0 Å². The zero-order valence-electron chi connectivity index (χ0n) is 7.11. The summed E-state index contributed by atoms with van der Waals surface area (Å²) in [5, 5.41) is 0. The molecule has 2 nitrogen and oxygen atoms in total. The summed E-state index contributed by atoms with van der Waals surface area (Å²) < 4.78 is 1.96. The SMILES string of the molecule is Cc1ccc(-c2cn(C)cn2)s1. The van der Waals surface area contributed by atoms with Gasteiger partial charge in [0.15, 0.2) is 0 Å². The molecule has 0 aliphatic carbocycles. The zero-order valence-corrected chi connectivity index (χ0v) is 7.93. The molecule has 2 aromatic rings. The molecule has 3 heteroatoms. The fraction of sp³-hybridized carbons (Fsp3) is 0.222. The average molecular weight is 178 g/mol. The lowest BCUT2D eigenvalue weighted by Crippen LogP contribution is -1.77. The van der Waals surface area contributed by atoms with E-state index in [9.17, 15) is 0 Å². The Morgan fingerprint density at radius 2 is 2.25 bits per heavy atom. The normalized spacial score (nSPS) is 10.5. The van der Waals surface area contributed by atoms with Crippen molar-refractivity contribution < 1.29 is 0 Å². The van der Waals surface area contributed by atoms with Crippen LogP contribution < -0.4 is 0 Å². The highest BCUT2D eigenvalue weighted by atomic mass is 32.1. The molecule has 0 amide bonds. The molecule has 0 atom stereocenters. The van der Waals surface area contributed by atoms with Crippen molar-refractivity contribution in [1.82, 2.24) is 9.55 Å². The zero-order chi connectivity index (χ0) is 8.55. The Morgan fingerprint density at radius 1 is 1.42 bits per heavy atom. The Balaban J connectivity index is 2.43. The molecular weight excluding hydrogens is 168 g/mol. The van der Waals surface area contributed by atoms with Crippen molar-refractivity contribution in [2.75, 3.05) is 0 Å². The first kappa shape index (κ1) is 7.55. The van der Waals surface area contributed by atoms with Crippen LogP contribution in [-0.2, 0) is 7.05 Å². The van der Waals surface area contributed by atoms with E-state index in [1.165, 1.54) is 9.75 Å². The molecule has 0 aliphatic rings. The molecule has 2 heterocycles. The molecule has 0 unspecified atom stereocenters. The Hall–Kier alpha value is -1.09. The van der Waals surface area contributed by atoms with Crippen molar-refractivity contribution in [2.24, 2.45) is 7.05 Å². The molecule has 2 aromatic heterocycles. The van der Waals surface area contributed by atoms with Crippen molar-refractivity contribution >= 4 is 11.3 Å². The summed E-state index contributed by atoms with van der Waals surface area (Å²) in [5.41, 5.74) is 1.07. The fourth-order valence-corrected chi connectivity index (χ4v) is 1.94. The summed E-state index contributed by atoms with van der Waals surface area (Å²) in [6, 6.07) is 4.23. The summed E-state index contributed by atoms with van der Waals surface area (Å²) in [5.74, 6) is 0. The monoisotopic (exact) mass is 178 g/mol. The number of aryl methyl sites for hydroxylation is 2. The minimum absolute atomic E-state index is 1.07. The molecule has 0 fully saturated rings. The number of aromatic nitrogens is 2. The van der Waals surface area contributed by atoms with Gasteiger partial charge in [0.25, 0.3) is 0 Å². The first-order valence-corrected chi connectivity index (χ1v) is 4.62. The summed E-state index contributed by atoms with van der Waals surface area (Å²) >= 11 is 1.78. The van der Waals surface area contributed by atoms with Gasteiger partial charge in [0.2, 0.25) is 0 Å². The molecule has 0 saturated carbocycles. The van der Waals surface area contributed by atoms with Crippen LogP contribution in [0.5, 0.6) is 0 Å². The van der Waals surface area contributed by atoms with Crippen LogP contribution in [0.15, 0.2) is 24.7 Å². The van der Waals surface area contributed by atoms with Crippen LogP contribution in [0, 0.1) is 6.92 Å². The lowest BCUT2D eigenvalue weighted by molar-refractivity contribution is 0.913. The second-order valence-electron chi connectivity index (χ2n) is 2.83. The molecule has 0 aromatic carbocycles. The maximum absolute atomic E-state index is 4.27. The van der Waals surface area contributed by atoms with Gasteiger partial charge in [-0.25, -0.2) is 4.98 Å². The predicted molar refractivity (Wildman–Crippen MR) is 51.3 cm³/mol. The van der Waals surface area contributed by atoms with Crippen LogP contribution in [0.4, 0.5) is 0 Å². The van der Waals surface area contributed by atoms with E-state index in [4.69, 9.17) is 0 Å². The van der Waals surface area contributed by atoms with Gasteiger partial charge in [-0.15, -0.1) is 11.3 Å². The lowest BCUT2D eigenvalue weighted by Gasteiger charge is -1.86. The number of hydrogen-bond donors (Lipinski definition) is 0. The van der Waals surface area contributed by atoms with Crippen LogP contribution in [-0.4, -0.2) is 9.55 Å². The molecule has 0 saturated heterocycles. The van der Waals surface area contributed by atoms with Crippen molar-refractivity contribution in [2.45, 2.75) is 6.92 Å². The average Bonchev–Trinajstić information content (AvgIpc) is 2.58. The summed E-state index contributed by atoms with van der Waals surface area (Å²) in [6.45, 7) is 2.11. The Morgan fingerprint density at radius 3 is 2.75 bits per heavy atom. The van der Waals surface area contributed by atoms with Crippen LogP contribution in [0.25, 0.3) is 10.6 Å². The van der Waals surface area contributed by atoms with Crippen molar-refractivity contribution in [3.63, 3.8) is 0 Å².